The molecule has 2 fully saturated rings. The molecule has 3 aromatic rings. The Labute approximate surface area is 234 Å². The molecular weight excluding hydrogens is 530 g/mol. The number of nitrogens with zero attached hydrogens (tertiary/aromatic N) is 4. The summed E-state index contributed by atoms with van der Waals surface area (Å²) in [7, 11) is -1.81. The molecule has 0 radical (unpaired) electrons. The van der Waals surface area contributed by atoms with E-state index in [0.29, 0.717) is 12.1 Å². The Morgan fingerprint density at radius 3 is 2.55 bits per heavy atom. The first-order valence-corrected chi connectivity index (χ1v) is 15.8. The van der Waals surface area contributed by atoms with Crippen molar-refractivity contribution in [1.82, 2.24) is 14.9 Å². The second-order valence-electron chi connectivity index (χ2n) is 11.3. The fraction of sp³-hybridized carbons (Fsp3) is 0.483. The summed E-state index contributed by atoms with van der Waals surface area (Å²) in [6.45, 7) is 2.42. The zero-order valence-corrected chi connectivity index (χ0v) is 23.7. The lowest BCUT2D eigenvalue weighted by Crippen LogP contribution is -2.43. The van der Waals surface area contributed by atoms with Gasteiger partial charge in [0.2, 0.25) is 21.8 Å². The van der Waals surface area contributed by atoms with Crippen molar-refractivity contribution in [1.29, 1.82) is 0 Å². The second kappa shape index (κ2) is 10.3. The van der Waals surface area contributed by atoms with Gasteiger partial charge in [0, 0.05) is 36.3 Å². The Hall–Kier alpha value is -3.28. The van der Waals surface area contributed by atoms with Crippen molar-refractivity contribution in [2.75, 3.05) is 49.2 Å². The number of sulfonamides is 1. The minimum absolute atomic E-state index is 0.00129. The third kappa shape index (κ3) is 4.90. The summed E-state index contributed by atoms with van der Waals surface area (Å²) in [6.07, 6.45) is 9.90. The van der Waals surface area contributed by atoms with E-state index >= 15 is 0 Å². The number of piperidine rings is 1. The maximum absolute atomic E-state index is 13.2. The maximum Gasteiger partial charge on any atom is 0.238 e. The topological polar surface area (TPSA) is 125 Å². The quantitative estimate of drug-likeness (QED) is 0.426. The highest BCUT2D eigenvalue weighted by molar-refractivity contribution is 7.92. The summed E-state index contributed by atoms with van der Waals surface area (Å²) >= 11 is 0. The van der Waals surface area contributed by atoms with Crippen molar-refractivity contribution in [3.8, 4) is 17.0 Å². The van der Waals surface area contributed by atoms with Gasteiger partial charge in [-0.05, 0) is 62.5 Å². The van der Waals surface area contributed by atoms with E-state index < -0.39 is 21.5 Å². The van der Waals surface area contributed by atoms with Gasteiger partial charge < -0.3 is 19.6 Å². The molecule has 1 atom stereocenters. The number of aliphatic hydroxyl groups is 1. The smallest absolute Gasteiger partial charge is 0.238 e. The summed E-state index contributed by atoms with van der Waals surface area (Å²) in [5.41, 5.74) is 3.90. The van der Waals surface area contributed by atoms with E-state index in [2.05, 4.69) is 19.6 Å². The highest BCUT2D eigenvalue weighted by Gasteiger charge is 2.54. The predicted molar refractivity (Wildman–Crippen MR) is 154 cm³/mol. The number of aliphatic hydroxyl groups excluding tert-OH is 1. The summed E-state index contributed by atoms with van der Waals surface area (Å²) in [4.78, 5) is 26.2. The average Bonchev–Trinajstić information content (AvgIpc) is 3.14. The molecule has 1 unspecified atom stereocenters. The number of carbonyl (C=O) groups is 1. The van der Waals surface area contributed by atoms with Gasteiger partial charge >= 0.3 is 0 Å². The standard InChI is InChI=1S/C29H35N5O5S/c1-33-25-16-30-23-8-7-19(13-22(23)26(25)29(28(33)36)9-6-10-29)20-14-24(32-40(2,37)38)27(31-15-20)39-18-21(35)17-34-11-4-3-5-12-34/h7-8,13-16,21,32,35H,3-6,9-12,17-18H2,1-2H3. The van der Waals surface area contributed by atoms with Crippen molar-refractivity contribution in [3.63, 3.8) is 0 Å². The Kier molecular flexibility index (Phi) is 6.92. The highest BCUT2D eigenvalue weighted by atomic mass is 32.2. The number of anilines is 2. The van der Waals surface area contributed by atoms with Gasteiger partial charge in [0.05, 0.1) is 29.1 Å². The molecule has 1 spiro atoms. The molecule has 2 aliphatic heterocycles. The van der Waals surface area contributed by atoms with E-state index in [1.807, 2.05) is 18.2 Å². The summed E-state index contributed by atoms with van der Waals surface area (Å²) in [6, 6.07) is 7.54. The fourth-order valence-corrected chi connectivity index (χ4v) is 6.86. The Morgan fingerprint density at radius 1 is 1.07 bits per heavy atom. The molecule has 6 rings (SSSR count). The highest BCUT2D eigenvalue weighted by Crippen LogP contribution is 2.55. The molecule has 1 aromatic carbocycles. The van der Waals surface area contributed by atoms with Crippen LogP contribution in [0.15, 0.2) is 36.7 Å². The van der Waals surface area contributed by atoms with Gasteiger partial charge in [-0.2, -0.15) is 0 Å². The second-order valence-corrected chi connectivity index (χ2v) is 13.1. The average molecular weight is 566 g/mol. The van der Waals surface area contributed by atoms with Crippen LogP contribution in [-0.4, -0.2) is 79.9 Å². The van der Waals surface area contributed by atoms with E-state index in [1.54, 1.807) is 30.4 Å². The van der Waals surface area contributed by atoms with Crippen LogP contribution in [0.2, 0.25) is 0 Å². The Morgan fingerprint density at radius 2 is 1.85 bits per heavy atom. The summed E-state index contributed by atoms with van der Waals surface area (Å²) in [5, 5.41) is 11.5. The minimum atomic E-state index is -3.62. The van der Waals surface area contributed by atoms with Gasteiger partial charge in [0.25, 0.3) is 0 Å². The molecular formula is C29H35N5O5S. The maximum atomic E-state index is 13.2. The molecule has 1 saturated carbocycles. The number of likely N-dealkylation sites (N-methyl/N-ethyl adjacent to an activating group) is 1. The number of nitrogens with one attached hydrogen (secondary N) is 1. The molecule has 2 aromatic heterocycles. The van der Waals surface area contributed by atoms with Crippen LogP contribution in [0.5, 0.6) is 5.88 Å². The predicted octanol–water partition coefficient (Wildman–Crippen LogP) is 3.29. The number of amides is 1. The van der Waals surface area contributed by atoms with Crippen LogP contribution in [0.25, 0.3) is 22.0 Å². The third-order valence-electron chi connectivity index (χ3n) is 8.42. The Bertz CT molecular complexity index is 1570. The van der Waals surface area contributed by atoms with Gasteiger partial charge in [0.1, 0.15) is 18.4 Å². The van der Waals surface area contributed by atoms with Crippen LogP contribution < -0.4 is 14.4 Å². The Balaban J connectivity index is 1.31. The zero-order valence-electron chi connectivity index (χ0n) is 22.9. The number of β-amino-alcohol motifs (C(OH)–C–C–N with tert-alkyl or cyclic N) is 1. The van der Waals surface area contributed by atoms with Crippen LogP contribution in [0.4, 0.5) is 11.4 Å². The van der Waals surface area contributed by atoms with Crippen molar-refractivity contribution in [2.45, 2.75) is 50.0 Å². The number of hydrogen-bond acceptors (Lipinski definition) is 8. The zero-order chi connectivity index (χ0) is 28.1. The van der Waals surface area contributed by atoms with E-state index in [9.17, 15) is 18.3 Å². The molecule has 4 heterocycles. The molecule has 11 heteroatoms. The molecule has 10 nitrogen and oxygen atoms in total. The number of pyridine rings is 2. The molecule has 1 aliphatic carbocycles. The van der Waals surface area contributed by atoms with Gasteiger partial charge in [0.15, 0.2) is 0 Å². The number of likely N-dealkylation sites (tertiary alicyclic amines) is 1. The van der Waals surface area contributed by atoms with Gasteiger partial charge in [-0.1, -0.05) is 18.9 Å². The molecule has 1 saturated heterocycles. The molecule has 212 valence electrons. The first kappa shape index (κ1) is 26.9. The largest absolute Gasteiger partial charge is 0.473 e. The SMILES string of the molecule is CN1C(=O)C2(CCC2)c2c1cnc1ccc(-c3cnc(OCC(O)CN4CCCCC4)c(NS(C)(=O)=O)c3)cc21. The molecule has 3 aliphatic rings. The fourth-order valence-electron chi connectivity index (χ4n) is 6.32. The van der Waals surface area contributed by atoms with Crippen LogP contribution in [-0.2, 0) is 20.2 Å². The first-order valence-electron chi connectivity index (χ1n) is 13.9. The van der Waals surface area contributed by atoms with Crippen molar-refractivity contribution < 1.29 is 23.1 Å². The molecule has 40 heavy (non-hydrogen) atoms. The molecule has 1 amide bonds. The first-order chi connectivity index (χ1) is 19.1. The van der Waals surface area contributed by atoms with E-state index in [1.165, 1.54) is 6.42 Å². The summed E-state index contributed by atoms with van der Waals surface area (Å²) < 4.78 is 32.7. The van der Waals surface area contributed by atoms with Gasteiger partial charge in [-0.3, -0.25) is 14.5 Å². The van der Waals surface area contributed by atoms with E-state index in [4.69, 9.17) is 4.74 Å². The van der Waals surface area contributed by atoms with Crippen molar-refractivity contribution >= 4 is 38.2 Å². The molecule has 0 bridgehead atoms. The number of rotatable bonds is 8. The number of benzene rings is 1. The van der Waals surface area contributed by atoms with E-state index in [-0.39, 0.29) is 24.1 Å². The lowest BCUT2D eigenvalue weighted by atomic mass is 9.64. The van der Waals surface area contributed by atoms with Crippen LogP contribution in [0.1, 0.15) is 44.1 Å². The van der Waals surface area contributed by atoms with Gasteiger partial charge in [-0.25, -0.2) is 13.4 Å². The monoisotopic (exact) mass is 565 g/mol. The lowest BCUT2D eigenvalue weighted by molar-refractivity contribution is -0.125. The summed E-state index contributed by atoms with van der Waals surface area (Å²) in [5.74, 6) is 0.231. The van der Waals surface area contributed by atoms with Crippen LogP contribution >= 0.6 is 0 Å². The minimum Gasteiger partial charge on any atom is -0.473 e. The van der Waals surface area contributed by atoms with Crippen LogP contribution in [0.3, 0.4) is 0 Å². The van der Waals surface area contributed by atoms with E-state index in [0.717, 1.165) is 79.2 Å². The third-order valence-corrected chi connectivity index (χ3v) is 9.01. The number of hydrogen-bond donors (Lipinski definition) is 2. The number of aromatic nitrogens is 2. The number of fused-ring (bicyclic) bond motifs is 4. The van der Waals surface area contributed by atoms with Crippen molar-refractivity contribution in [2.24, 2.45) is 0 Å². The van der Waals surface area contributed by atoms with Gasteiger partial charge in [-0.15, -0.1) is 0 Å². The number of ether oxygens (including phenoxy) is 1. The molecule has 2 N–H and O–H groups in total. The normalized spacial score (nSPS) is 19.5. The number of carbonyl (C=O) groups excluding carboxylic acids is 1. The van der Waals surface area contributed by atoms with Crippen molar-refractivity contribution in [3.05, 3.63) is 42.2 Å². The lowest BCUT2D eigenvalue weighted by Gasteiger charge is -2.37. The van der Waals surface area contributed by atoms with Crippen LogP contribution in [0, 0.1) is 0 Å².